The number of ether oxygens (including phenoxy) is 1. The van der Waals surface area contributed by atoms with Crippen LogP contribution in [0.1, 0.15) is 28.3 Å². The molecule has 0 radical (unpaired) electrons. The second-order valence-electron chi connectivity index (χ2n) is 4.74. The Labute approximate surface area is 120 Å². The molecular formula is C15H23NO2S. The van der Waals surface area contributed by atoms with Gasteiger partial charge in [0.15, 0.2) is 0 Å². The molecular weight excluding hydrogens is 258 g/mol. The highest BCUT2D eigenvalue weighted by molar-refractivity contribution is 7.99. The summed E-state index contributed by atoms with van der Waals surface area (Å²) >= 11 is 1.60. The van der Waals surface area contributed by atoms with E-state index in [1.54, 1.807) is 11.8 Å². The number of carbonyl (C=O) groups excluding carboxylic acids is 1. The minimum Gasteiger partial charge on any atom is -0.468 e. The third-order valence-electron chi connectivity index (χ3n) is 3.17. The topological polar surface area (TPSA) is 38.3 Å². The van der Waals surface area contributed by atoms with Crippen molar-refractivity contribution in [3.8, 4) is 0 Å². The van der Waals surface area contributed by atoms with E-state index in [4.69, 9.17) is 0 Å². The Morgan fingerprint density at radius 3 is 2.37 bits per heavy atom. The van der Waals surface area contributed by atoms with Gasteiger partial charge in [-0.3, -0.25) is 4.79 Å². The number of methoxy groups -OCH3 is 1. The first-order valence-corrected chi connectivity index (χ1v) is 7.54. The summed E-state index contributed by atoms with van der Waals surface area (Å²) in [7, 11) is 3.38. The molecule has 0 saturated heterocycles. The maximum absolute atomic E-state index is 11.1. The quantitative estimate of drug-likeness (QED) is 0.814. The van der Waals surface area contributed by atoms with Crippen molar-refractivity contribution >= 4 is 17.7 Å². The van der Waals surface area contributed by atoms with Gasteiger partial charge in [0.25, 0.3) is 0 Å². The van der Waals surface area contributed by atoms with E-state index < -0.39 is 0 Å². The fourth-order valence-electron chi connectivity index (χ4n) is 2.37. The van der Waals surface area contributed by atoms with Crippen LogP contribution in [0.3, 0.4) is 0 Å². The minimum atomic E-state index is -0.169. The maximum Gasteiger partial charge on any atom is 0.315 e. The molecule has 106 valence electrons. The molecule has 0 bridgehead atoms. The normalized spacial score (nSPS) is 12.3. The Balaban J connectivity index is 2.77. The fourth-order valence-corrected chi connectivity index (χ4v) is 3.34. The number of esters is 1. The van der Waals surface area contributed by atoms with Crippen LogP contribution >= 0.6 is 11.8 Å². The molecule has 1 aromatic carbocycles. The van der Waals surface area contributed by atoms with Gasteiger partial charge in [0.1, 0.15) is 0 Å². The molecule has 0 aliphatic rings. The number of hydrogen-bond acceptors (Lipinski definition) is 4. The molecule has 1 atom stereocenters. The van der Waals surface area contributed by atoms with Crippen LogP contribution in [0, 0.1) is 20.8 Å². The SMILES string of the molecule is CNC(CSCC(=O)OC)c1c(C)cc(C)cc1C. The Morgan fingerprint density at radius 1 is 1.32 bits per heavy atom. The second-order valence-corrected chi connectivity index (χ2v) is 5.78. The highest BCUT2D eigenvalue weighted by Gasteiger charge is 2.15. The first-order valence-electron chi connectivity index (χ1n) is 6.39. The van der Waals surface area contributed by atoms with Crippen LogP contribution in [0.15, 0.2) is 12.1 Å². The average molecular weight is 281 g/mol. The van der Waals surface area contributed by atoms with Gasteiger partial charge in [0.2, 0.25) is 0 Å². The molecule has 19 heavy (non-hydrogen) atoms. The lowest BCUT2D eigenvalue weighted by Crippen LogP contribution is -2.21. The Bertz CT molecular complexity index is 423. The molecule has 1 unspecified atom stereocenters. The number of aryl methyl sites for hydroxylation is 3. The Morgan fingerprint density at radius 2 is 1.89 bits per heavy atom. The summed E-state index contributed by atoms with van der Waals surface area (Å²) in [5.74, 6) is 1.09. The summed E-state index contributed by atoms with van der Waals surface area (Å²) in [4.78, 5) is 11.1. The zero-order chi connectivity index (χ0) is 14.4. The van der Waals surface area contributed by atoms with Crippen LogP contribution in [0.4, 0.5) is 0 Å². The largest absolute Gasteiger partial charge is 0.468 e. The lowest BCUT2D eigenvalue weighted by Gasteiger charge is -2.21. The summed E-state index contributed by atoms with van der Waals surface area (Å²) in [6.07, 6.45) is 0. The minimum absolute atomic E-state index is 0.169. The standard InChI is InChI=1S/C15H23NO2S/c1-10-6-11(2)15(12(3)7-10)13(16-4)8-19-9-14(17)18-5/h6-7,13,16H,8-9H2,1-5H3. The molecule has 0 heterocycles. The number of carbonyl (C=O) groups is 1. The van der Waals surface area contributed by atoms with E-state index in [1.807, 2.05) is 7.05 Å². The van der Waals surface area contributed by atoms with Gasteiger partial charge >= 0.3 is 5.97 Å². The van der Waals surface area contributed by atoms with Gasteiger partial charge in [-0.1, -0.05) is 17.7 Å². The van der Waals surface area contributed by atoms with E-state index in [0.29, 0.717) is 5.75 Å². The number of thioether (sulfide) groups is 1. The van der Waals surface area contributed by atoms with Gasteiger partial charge in [-0.15, -0.1) is 11.8 Å². The lowest BCUT2D eigenvalue weighted by atomic mass is 9.95. The molecule has 3 nitrogen and oxygen atoms in total. The molecule has 0 aliphatic heterocycles. The molecule has 0 aromatic heterocycles. The van der Waals surface area contributed by atoms with Crippen LogP contribution in [-0.4, -0.2) is 31.6 Å². The van der Waals surface area contributed by atoms with Crippen molar-refractivity contribution in [3.63, 3.8) is 0 Å². The van der Waals surface area contributed by atoms with Crippen molar-refractivity contribution in [1.29, 1.82) is 0 Å². The van der Waals surface area contributed by atoms with E-state index >= 15 is 0 Å². The van der Waals surface area contributed by atoms with Gasteiger partial charge < -0.3 is 10.1 Å². The van der Waals surface area contributed by atoms with Crippen LogP contribution in [0.25, 0.3) is 0 Å². The third kappa shape index (κ3) is 4.55. The first-order chi connectivity index (χ1) is 8.99. The first kappa shape index (κ1) is 16.1. The van der Waals surface area contributed by atoms with E-state index in [0.717, 1.165) is 5.75 Å². The highest BCUT2D eigenvalue weighted by Crippen LogP contribution is 2.26. The Hall–Kier alpha value is -1.00. The van der Waals surface area contributed by atoms with Crippen molar-refractivity contribution in [2.75, 3.05) is 25.7 Å². The average Bonchev–Trinajstić information content (AvgIpc) is 2.35. The molecule has 1 N–H and O–H groups in total. The maximum atomic E-state index is 11.1. The molecule has 1 rings (SSSR count). The molecule has 1 aromatic rings. The Kier molecular flexibility index (Phi) is 6.38. The monoisotopic (exact) mass is 281 g/mol. The summed E-state index contributed by atoms with van der Waals surface area (Å²) in [6.45, 7) is 6.40. The van der Waals surface area contributed by atoms with Gasteiger partial charge in [-0.05, 0) is 44.5 Å². The van der Waals surface area contributed by atoms with Crippen LogP contribution in [-0.2, 0) is 9.53 Å². The second kappa shape index (κ2) is 7.56. The van der Waals surface area contributed by atoms with Crippen molar-refractivity contribution < 1.29 is 9.53 Å². The van der Waals surface area contributed by atoms with Gasteiger partial charge in [0.05, 0.1) is 12.9 Å². The van der Waals surface area contributed by atoms with Crippen LogP contribution in [0.5, 0.6) is 0 Å². The van der Waals surface area contributed by atoms with E-state index in [9.17, 15) is 4.79 Å². The van der Waals surface area contributed by atoms with Gasteiger partial charge in [-0.2, -0.15) is 0 Å². The number of rotatable bonds is 6. The number of nitrogens with one attached hydrogen (secondary N) is 1. The van der Waals surface area contributed by atoms with Crippen molar-refractivity contribution in [2.24, 2.45) is 0 Å². The highest BCUT2D eigenvalue weighted by atomic mass is 32.2. The molecule has 0 spiro atoms. The third-order valence-corrected chi connectivity index (χ3v) is 4.18. The van der Waals surface area contributed by atoms with E-state index in [2.05, 4.69) is 43.0 Å². The molecule has 0 fully saturated rings. The van der Waals surface area contributed by atoms with Crippen LogP contribution < -0.4 is 5.32 Å². The summed E-state index contributed by atoms with van der Waals surface area (Å²) < 4.78 is 4.65. The number of hydrogen-bond donors (Lipinski definition) is 1. The van der Waals surface area contributed by atoms with Crippen molar-refractivity contribution in [2.45, 2.75) is 26.8 Å². The molecule has 0 saturated carbocycles. The molecule has 0 amide bonds. The summed E-state index contributed by atoms with van der Waals surface area (Å²) in [6, 6.07) is 4.67. The zero-order valence-electron chi connectivity index (χ0n) is 12.4. The van der Waals surface area contributed by atoms with Crippen molar-refractivity contribution in [1.82, 2.24) is 5.32 Å². The lowest BCUT2D eigenvalue weighted by molar-refractivity contribution is -0.137. The van der Waals surface area contributed by atoms with Crippen molar-refractivity contribution in [3.05, 3.63) is 34.4 Å². The summed E-state index contributed by atoms with van der Waals surface area (Å²) in [5.41, 5.74) is 5.23. The van der Waals surface area contributed by atoms with Gasteiger partial charge in [-0.25, -0.2) is 0 Å². The predicted molar refractivity (Wildman–Crippen MR) is 81.8 cm³/mol. The fraction of sp³-hybridized carbons (Fsp3) is 0.533. The predicted octanol–water partition coefficient (Wildman–Crippen LogP) is 2.78. The van der Waals surface area contributed by atoms with Gasteiger partial charge in [0, 0.05) is 11.8 Å². The molecule has 0 aliphatic carbocycles. The molecule has 4 heteroatoms. The summed E-state index contributed by atoms with van der Waals surface area (Å²) in [5, 5.41) is 3.34. The zero-order valence-corrected chi connectivity index (χ0v) is 13.2. The number of benzene rings is 1. The van der Waals surface area contributed by atoms with Crippen LogP contribution in [0.2, 0.25) is 0 Å². The smallest absolute Gasteiger partial charge is 0.315 e. The van der Waals surface area contributed by atoms with E-state index in [1.165, 1.54) is 29.4 Å². The van der Waals surface area contributed by atoms with E-state index in [-0.39, 0.29) is 12.0 Å².